The molecule has 0 saturated carbocycles. The van der Waals surface area contributed by atoms with Crippen molar-refractivity contribution in [2.45, 2.75) is 26.3 Å². The molecule has 11 heteroatoms. The summed E-state index contributed by atoms with van der Waals surface area (Å²) < 4.78 is 17.5. The van der Waals surface area contributed by atoms with E-state index in [0.29, 0.717) is 39.0 Å². The number of nitrogens with zero attached hydrogens (tertiary/aromatic N) is 2. The minimum Gasteiger partial charge on any atom is -0.495 e. The molecule has 2 aromatic carbocycles. The molecule has 0 saturated heterocycles. The monoisotopic (exact) mass is 555 g/mol. The summed E-state index contributed by atoms with van der Waals surface area (Å²) in [5.74, 6) is 0.118. The van der Waals surface area contributed by atoms with Crippen LogP contribution in [0.2, 0.25) is 5.02 Å². The lowest BCUT2D eigenvalue weighted by molar-refractivity contribution is -0.119. The lowest BCUT2D eigenvalue weighted by Crippen LogP contribution is -2.33. The van der Waals surface area contributed by atoms with Crippen LogP contribution in [-0.4, -0.2) is 41.8 Å². The van der Waals surface area contributed by atoms with E-state index >= 15 is 0 Å². The van der Waals surface area contributed by atoms with E-state index < -0.39 is 23.5 Å². The van der Waals surface area contributed by atoms with Gasteiger partial charge in [0.1, 0.15) is 40.5 Å². The van der Waals surface area contributed by atoms with E-state index in [9.17, 15) is 14.4 Å². The summed E-state index contributed by atoms with van der Waals surface area (Å²) in [7, 11) is 1.48. The Labute approximate surface area is 227 Å². The van der Waals surface area contributed by atoms with Crippen LogP contribution < -0.4 is 20.3 Å². The van der Waals surface area contributed by atoms with Crippen molar-refractivity contribution in [3.8, 4) is 11.5 Å². The zero-order valence-corrected chi connectivity index (χ0v) is 22.6. The van der Waals surface area contributed by atoms with Crippen LogP contribution in [-0.2, 0) is 9.53 Å². The summed E-state index contributed by atoms with van der Waals surface area (Å²) in [6.45, 7) is 3.69. The quantitative estimate of drug-likeness (QED) is 0.210. The molecule has 198 valence electrons. The van der Waals surface area contributed by atoms with Gasteiger partial charge in [-0.25, -0.2) is 9.78 Å². The van der Waals surface area contributed by atoms with Crippen molar-refractivity contribution in [1.29, 1.82) is 0 Å². The highest BCUT2D eigenvalue weighted by Gasteiger charge is 2.25. The highest BCUT2D eigenvalue weighted by Crippen LogP contribution is 2.30. The molecule has 0 bridgehead atoms. The molecule has 9 nitrogen and oxygen atoms in total. The number of nitrogens with one attached hydrogen (secondary N) is 1. The lowest BCUT2D eigenvalue weighted by atomic mass is 10.1. The van der Waals surface area contributed by atoms with Crippen molar-refractivity contribution in [2.24, 2.45) is 0 Å². The van der Waals surface area contributed by atoms with Crippen molar-refractivity contribution in [1.82, 2.24) is 9.55 Å². The largest absolute Gasteiger partial charge is 0.495 e. The van der Waals surface area contributed by atoms with Crippen molar-refractivity contribution < 1.29 is 23.8 Å². The average molecular weight is 556 g/mol. The third-order valence-corrected chi connectivity index (χ3v) is 7.25. The minimum atomic E-state index is -0.854. The fourth-order valence-electron chi connectivity index (χ4n) is 3.93. The molecule has 1 N–H and O–H groups in total. The number of hydrogen-bond donors (Lipinski definition) is 1. The first-order chi connectivity index (χ1) is 18.3. The van der Waals surface area contributed by atoms with Crippen molar-refractivity contribution in [2.75, 3.05) is 25.6 Å². The molecule has 0 spiro atoms. The molecule has 0 radical (unpaired) electrons. The van der Waals surface area contributed by atoms with Gasteiger partial charge in [0, 0.05) is 5.02 Å². The second-order valence-corrected chi connectivity index (χ2v) is 9.68. The van der Waals surface area contributed by atoms with E-state index in [1.165, 1.54) is 18.0 Å². The predicted molar refractivity (Wildman–Crippen MR) is 147 cm³/mol. The van der Waals surface area contributed by atoms with Gasteiger partial charge in [0.25, 0.3) is 5.56 Å². The summed E-state index contributed by atoms with van der Waals surface area (Å²) in [5, 5.41) is 3.49. The Balaban J connectivity index is 1.52. The molecule has 0 aliphatic heterocycles. The van der Waals surface area contributed by atoms with Crippen LogP contribution in [0.1, 0.15) is 34.6 Å². The molecule has 0 aliphatic carbocycles. The number of ether oxygens (including phenoxy) is 3. The highest BCUT2D eigenvalue weighted by molar-refractivity contribution is 7.20. The summed E-state index contributed by atoms with van der Waals surface area (Å²) in [6, 6.07) is 13.2. The Kier molecular flexibility index (Phi) is 8.65. The number of thiophene rings is 1. The number of hydrogen-bond acceptors (Lipinski definition) is 8. The number of benzene rings is 2. The summed E-state index contributed by atoms with van der Waals surface area (Å²) in [5.41, 5.74) is 0.423. The number of fused-ring (bicyclic) bond motifs is 1. The first-order valence-corrected chi connectivity index (χ1v) is 13.0. The van der Waals surface area contributed by atoms with Crippen LogP contribution in [0.5, 0.6) is 11.5 Å². The van der Waals surface area contributed by atoms with Crippen molar-refractivity contribution in [3.05, 3.63) is 80.7 Å². The Morgan fingerprint density at radius 2 is 1.92 bits per heavy atom. The molecule has 1 atom stereocenters. The average Bonchev–Trinajstić information content (AvgIpc) is 3.26. The minimum absolute atomic E-state index is 0.0458. The number of halogens is 1. The standard InChI is InChI=1S/C27H26ClN3O6S/c1-4-20(24(32)30-19-14-17(28)10-11-21(19)35-3)31-15-29-25-22(26(31)33)16(2)23(38-25)27(34)37-13-12-36-18-8-6-5-7-9-18/h5-11,14-15,20H,4,12-13H2,1-3H3,(H,30,32). The molecule has 38 heavy (non-hydrogen) atoms. The summed E-state index contributed by atoms with van der Waals surface area (Å²) >= 11 is 7.15. The number of aromatic nitrogens is 2. The number of methoxy groups -OCH3 is 1. The van der Waals surface area contributed by atoms with Gasteiger partial charge in [-0.3, -0.25) is 14.2 Å². The molecule has 4 rings (SSSR count). The van der Waals surface area contributed by atoms with Gasteiger partial charge in [0.2, 0.25) is 5.91 Å². The van der Waals surface area contributed by atoms with Crippen LogP contribution in [0.4, 0.5) is 5.69 Å². The maximum absolute atomic E-state index is 13.5. The number of anilines is 1. The normalized spacial score (nSPS) is 11.7. The van der Waals surface area contributed by atoms with Gasteiger partial charge in [-0.1, -0.05) is 36.7 Å². The van der Waals surface area contributed by atoms with E-state index in [4.69, 9.17) is 25.8 Å². The van der Waals surface area contributed by atoms with E-state index in [0.717, 1.165) is 11.3 Å². The molecule has 4 aromatic rings. The van der Waals surface area contributed by atoms with Crippen LogP contribution in [0.25, 0.3) is 10.2 Å². The highest BCUT2D eigenvalue weighted by atomic mass is 35.5. The summed E-state index contributed by atoms with van der Waals surface area (Å²) in [6.07, 6.45) is 1.65. The molecular weight excluding hydrogens is 530 g/mol. The number of amides is 1. The fourth-order valence-corrected chi connectivity index (χ4v) is 5.14. The third-order valence-electron chi connectivity index (χ3n) is 5.83. The molecule has 2 aromatic heterocycles. The van der Waals surface area contributed by atoms with Crippen LogP contribution in [0, 0.1) is 6.92 Å². The molecular formula is C27H26ClN3O6S. The van der Waals surface area contributed by atoms with Crippen LogP contribution >= 0.6 is 22.9 Å². The number of carbonyl (C=O) groups excluding carboxylic acids is 2. The van der Waals surface area contributed by atoms with Gasteiger partial charge in [-0.05, 0) is 49.2 Å². The van der Waals surface area contributed by atoms with Gasteiger partial charge in [-0.15, -0.1) is 11.3 Å². The van der Waals surface area contributed by atoms with Gasteiger partial charge >= 0.3 is 5.97 Å². The van der Waals surface area contributed by atoms with Crippen LogP contribution in [0.15, 0.2) is 59.7 Å². The second-order valence-electron chi connectivity index (χ2n) is 8.25. The van der Waals surface area contributed by atoms with Gasteiger partial charge < -0.3 is 19.5 Å². The van der Waals surface area contributed by atoms with Crippen molar-refractivity contribution in [3.63, 3.8) is 0 Å². The first kappa shape index (κ1) is 27.2. The Morgan fingerprint density at radius 1 is 1.16 bits per heavy atom. The van der Waals surface area contributed by atoms with E-state index in [-0.39, 0.29) is 23.5 Å². The number of para-hydroxylation sites is 1. The Hall–Kier alpha value is -3.89. The molecule has 1 amide bonds. The second kappa shape index (κ2) is 12.1. The summed E-state index contributed by atoms with van der Waals surface area (Å²) in [4.78, 5) is 44.4. The van der Waals surface area contributed by atoms with E-state index in [2.05, 4.69) is 10.3 Å². The topological polar surface area (TPSA) is 109 Å². The SMILES string of the molecule is CCC(C(=O)Nc1cc(Cl)ccc1OC)n1cnc2sc(C(=O)OCCOc3ccccc3)c(C)c2c1=O. The number of aryl methyl sites for hydroxylation is 1. The predicted octanol–water partition coefficient (Wildman–Crippen LogP) is 5.25. The lowest BCUT2D eigenvalue weighted by Gasteiger charge is -2.18. The maximum atomic E-state index is 13.5. The molecule has 2 heterocycles. The fraction of sp³-hybridized carbons (Fsp3) is 0.259. The van der Waals surface area contributed by atoms with Gasteiger partial charge in [-0.2, -0.15) is 0 Å². The zero-order chi connectivity index (χ0) is 27.2. The Bertz CT molecular complexity index is 1520. The molecule has 0 aliphatic rings. The molecule has 1 unspecified atom stereocenters. The third kappa shape index (κ3) is 5.81. The zero-order valence-electron chi connectivity index (χ0n) is 21.0. The van der Waals surface area contributed by atoms with E-state index in [1.54, 1.807) is 32.0 Å². The maximum Gasteiger partial charge on any atom is 0.348 e. The number of carbonyl (C=O) groups is 2. The smallest absolute Gasteiger partial charge is 0.348 e. The number of esters is 1. The van der Waals surface area contributed by atoms with Gasteiger partial charge in [0.15, 0.2) is 0 Å². The van der Waals surface area contributed by atoms with Crippen LogP contribution in [0.3, 0.4) is 0 Å². The number of rotatable bonds is 10. The molecule has 0 fully saturated rings. The first-order valence-electron chi connectivity index (χ1n) is 11.8. The van der Waals surface area contributed by atoms with Gasteiger partial charge in [0.05, 0.1) is 24.5 Å². The van der Waals surface area contributed by atoms with E-state index in [1.807, 2.05) is 30.3 Å². The van der Waals surface area contributed by atoms with Crippen molar-refractivity contribution >= 4 is 50.7 Å². The Morgan fingerprint density at radius 3 is 2.63 bits per heavy atom.